The highest BCUT2D eigenvalue weighted by atomic mass is 16.2. The van der Waals surface area contributed by atoms with E-state index in [-0.39, 0.29) is 6.04 Å². The van der Waals surface area contributed by atoms with Crippen molar-refractivity contribution in [3.8, 4) is 0 Å². The molecule has 2 atom stereocenters. The third-order valence-electron chi connectivity index (χ3n) is 4.70. The summed E-state index contributed by atoms with van der Waals surface area (Å²) in [5.41, 5.74) is 1.31. The number of likely N-dealkylation sites (tertiary alicyclic amines) is 2. The number of nitrogens with zero attached hydrogens (tertiary/aromatic N) is 2. The number of benzene rings is 1. The van der Waals surface area contributed by atoms with Crippen LogP contribution in [0.4, 0.5) is 0 Å². The summed E-state index contributed by atoms with van der Waals surface area (Å²) >= 11 is 0. The second-order valence-corrected chi connectivity index (χ2v) is 6.20. The summed E-state index contributed by atoms with van der Waals surface area (Å²) in [7, 11) is 0. The van der Waals surface area contributed by atoms with Crippen LogP contribution in [0.3, 0.4) is 0 Å². The summed E-state index contributed by atoms with van der Waals surface area (Å²) in [6, 6.07) is 10.6. The van der Waals surface area contributed by atoms with Crippen LogP contribution in [0.15, 0.2) is 30.3 Å². The van der Waals surface area contributed by atoms with Crippen LogP contribution in [0.1, 0.15) is 31.7 Å². The van der Waals surface area contributed by atoms with Crippen molar-refractivity contribution < 1.29 is 4.79 Å². The highest BCUT2D eigenvalue weighted by Crippen LogP contribution is 2.28. The Bertz CT molecular complexity index is 453. The van der Waals surface area contributed by atoms with E-state index in [1.165, 1.54) is 18.4 Å². The molecular formula is C17H24N2O. The third kappa shape index (κ3) is 2.73. The van der Waals surface area contributed by atoms with Gasteiger partial charge in [0.15, 0.2) is 0 Å². The summed E-state index contributed by atoms with van der Waals surface area (Å²) in [4.78, 5) is 17.2. The van der Waals surface area contributed by atoms with E-state index >= 15 is 0 Å². The van der Waals surface area contributed by atoms with Crippen LogP contribution in [-0.4, -0.2) is 41.4 Å². The van der Waals surface area contributed by atoms with Crippen LogP contribution in [0, 0.1) is 5.92 Å². The van der Waals surface area contributed by atoms with Gasteiger partial charge in [0.05, 0.1) is 6.04 Å². The fourth-order valence-electron chi connectivity index (χ4n) is 3.55. The molecule has 20 heavy (non-hydrogen) atoms. The smallest absolute Gasteiger partial charge is 0.240 e. The molecule has 1 aromatic rings. The van der Waals surface area contributed by atoms with Crippen molar-refractivity contribution in [2.24, 2.45) is 5.92 Å². The first-order valence-electron chi connectivity index (χ1n) is 7.82. The monoisotopic (exact) mass is 272 g/mol. The van der Waals surface area contributed by atoms with Gasteiger partial charge in [0.1, 0.15) is 0 Å². The first kappa shape index (κ1) is 13.6. The van der Waals surface area contributed by atoms with Crippen molar-refractivity contribution in [3.63, 3.8) is 0 Å². The summed E-state index contributed by atoms with van der Waals surface area (Å²) in [6.07, 6.45) is 3.48. The Balaban J connectivity index is 1.71. The molecule has 0 aromatic heterocycles. The van der Waals surface area contributed by atoms with Crippen LogP contribution in [0.25, 0.3) is 0 Å². The minimum Gasteiger partial charge on any atom is -0.341 e. The molecule has 2 heterocycles. The van der Waals surface area contributed by atoms with Gasteiger partial charge in [0.25, 0.3) is 0 Å². The van der Waals surface area contributed by atoms with Gasteiger partial charge >= 0.3 is 0 Å². The van der Waals surface area contributed by atoms with E-state index in [1.807, 2.05) is 6.07 Å². The lowest BCUT2D eigenvalue weighted by molar-refractivity contribution is -0.136. The lowest BCUT2D eigenvalue weighted by Crippen LogP contribution is -2.46. The van der Waals surface area contributed by atoms with Gasteiger partial charge in [0.2, 0.25) is 5.91 Å². The largest absolute Gasteiger partial charge is 0.341 e. The summed E-state index contributed by atoms with van der Waals surface area (Å²) in [5.74, 6) is 0.843. The highest BCUT2D eigenvalue weighted by molar-refractivity contribution is 5.82. The molecule has 1 aromatic carbocycles. The van der Waals surface area contributed by atoms with Crippen LogP contribution >= 0.6 is 0 Å². The average Bonchev–Trinajstić information content (AvgIpc) is 3.10. The molecule has 3 rings (SSSR count). The molecule has 2 saturated heterocycles. The Hall–Kier alpha value is -1.35. The molecular weight excluding hydrogens is 248 g/mol. The molecule has 3 heteroatoms. The molecule has 0 bridgehead atoms. The maximum Gasteiger partial charge on any atom is 0.240 e. The van der Waals surface area contributed by atoms with Gasteiger partial charge in [-0.15, -0.1) is 0 Å². The minimum absolute atomic E-state index is 0.0910. The Morgan fingerprint density at radius 1 is 1.15 bits per heavy atom. The normalized spacial score (nSPS) is 27.1. The second kappa shape index (κ2) is 5.96. The van der Waals surface area contributed by atoms with Crippen LogP contribution in [0.2, 0.25) is 0 Å². The highest BCUT2D eigenvalue weighted by Gasteiger charge is 2.39. The predicted octanol–water partition coefficient (Wildman–Crippen LogP) is 2.52. The van der Waals surface area contributed by atoms with Gasteiger partial charge in [-0.3, -0.25) is 9.69 Å². The topological polar surface area (TPSA) is 23.6 Å². The first-order chi connectivity index (χ1) is 9.75. The zero-order valence-corrected chi connectivity index (χ0v) is 12.3. The zero-order chi connectivity index (χ0) is 13.9. The quantitative estimate of drug-likeness (QED) is 0.844. The summed E-state index contributed by atoms with van der Waals surface area (Å²) in [5, 5.41) is 0. The first-order valence-corrected chi connectivity index (χ1v) is 7.82. The Labute approximate surface area is 121 Å². The SMILES string of the molecule is C[C@H]1CCN(Cc2ccccc2)[C@H]1C(=O)N1CCCC1. The van der Waals surface area contributed by atoms with Gasteiger partial charge in [-0.2, -0.15) is 0 Å². The molecule has 3 nitrogen and oxygen atoms in total. The van der Waals surface area contributed by atoms with Crippen molar-refractivity contribution >= 4 is 5.91 Å². The minimum atomic E-state index is 0.0910. The van der Waals surface area contributed by atoms with Gasteiger partial charge in [0, 0.05) is 19.6 Å². The molecule has 0 unspecified atom stereocenters. The molecule has 0 N–H and O–H groups in total. The van der Waals surface area contributed by atoms with E-state index in [1.54, 1.807) is 0 Å². The van der Waals surface area contributed by atoms with Crippen molar-refractivity contribution in [2.45, 2.75) is 38.8 Å². The predicted molar refractivity (Wildman–Crippen MR) is 80.2 cm³/mol. The molecule has 0 saturated carbocycles. The molecule has 2 aliphatic rings. The number of carbonyl (C=O) groups excluding carboxylic acids is 1. The van der Waals surface area contributed by atoms with E-state index in [4.69, 9.17) is 0 Å². The van der Waals surface area contributed by atoms with Crippen molar-refractivity contribution in [1.29, 1.82) is 0 Å². The van der Waals surface area contributed by atoms with E-state index in [9.17, 15) is 4.79 Å². The van der Waals surface area contributed by atoms with Gasteiger partial charge < -0.3 is 4.90 Å². The molecule has 0 spiro atoms. The third-order valence-corrected chi connectivity index (χ3v) is 4.70. The maximum atomic E-state index is 12.7. The van der Waals surface area contributed by atoms with E-state index in [0.717, 1.165) is 32.6 Å². The Kier molecular flexibility index (Phi) is 4.06. The summed E-state index contributed by atoms with van der Waals surface area (Å²) < 4.78 is 0. The Morgan fingerprint density at radius 2 is 1.85 bits per heavy atom. The number of hydrogen-bond donors (Lipinski definition) is 0. The van der Waals surface area contributed by atoms with Crippen molar-refractivity contribution in [2.75, 3.05) is 19.6 Å². The molecule has 0 aliphatic carbocycles. The van der Waals surface area contributed by atoms with Crippen molar-refractivity contribution in [3.05, 3.63) is 35.9 Å². The molecule has 0 radical (unpaired) electrons. The van der Waals surface area contributed by atoms with Crippen molar-refractivity contribution in [1.82, 2.24) is 9.80 Å². The second-order valence-electron chi connectivity index (χ2n) is 6.20. The van der Waals surface area contributed by atoms with E-state index in [0.29, 0.717) is 11.8 Å². The number of carbonyl (C=O) groups is 1. The fourth-order valence-corrected chi connectivity index (χ4v) is 3.55. The number of rotatable bonds is 3. The van der Waals surface area contributed by atoms with Crippen LogP contribution in [-0.2, 0) is 11.3 Å². The maximum absolute atomic E-state index is 12.7. The fraction of sp³-hybridized carbons (Fsp3) is 0.588. The average molecular weight is 272 g/mol. The Morgan fingerprint density at radius 3 is 2.55 bits per heavy atom. The molecule has 1 amide bonds. The van der Waals surface area contributed by atoms with Gasteiger partial charge in [-0.1, -0.05) is 37.3 Å². The van der Waals surface area contributed by atoms with E-state index in [2.05, 4.69) is 41.0 Å². The van der Waals surface area contributed by atoms with Crippen LogP contribution in [0.5, 0.6) is 0 Å². The number of hydrogen-bond acceptors (Lipinski definition) is 2. The molecule has 2 fully saturated rings. The number of amides is 1. The zero-order valence-electron chi connectivity index (χ0n) is 12.3. The molecule has 2 aliphatic heterocycles. The van der Waals surface area contributed by atoms with Gasteiger partial charge in [-0.25, -0.2) is 0 Å². The van der Waals surface area contributed by atoms with Crippen LogP contribution < -0.4 is 0 Å². The summed E-state index contributed by atoms with van der Waals surface area (Å²) in [6.45, 7) is 6.09. The standard InChI is InChI=1S/C17H24N2O/c1-14-9-12-19(13-15-7-3-2-4-8-15)16(14)17(20)18-10-5-6-11-18/h2-4,7-8,14,16H,5-6,9-13H2,1H3/t14-,16+/m0/s1. The van der Waals surface area contributed by atoms with E-state index < -0.39 is 0 Å². The van der Waals surface area contributed by atoms with Gasteiger partial charge in [-0.05, 0) is 37.3 Å². The lowest BCUT2D eigenvalue weighted by Gasteiger charge is -2.29. The lowest BCUT2D eigenvalue weighted by atomic mass is 10.0. The molecule has 108 valence electrons.